The average Bonchev–Trinajstić information content (AvgIpc) is 2.79. The van der Waals surface area contributed by atoms with Gasteiger partial charge in [-0.3, -0.25) is 19.1 Å². The zero-order valence-electron chi connectivity index (χ0n) is 18.0. The zero-order chi connectivity index (χ0) is 22.1. The molecule has 7 heteroatoms. The summed E-state index contributed by atoms with van der Waals surface area (Å²) in [5.41, 5.74) is 3.55. The Balaban J connectivity index is 1.46. The molecule has 0 saturated heterocycles. The monoisotopic (exact) mass is 436 g/mol. The van der Waals surface area contributed by atoms with E-state index in [1.807, 2.05) is 55.5 Å². The van der Waals surface area contributed by atoms with Crippen LogP contribution >= 0.6 is 11.8 Å². The Labute approximate surface area is 187 Å². The largest absolute Gasteiger partial charge is 0.356 e. The van der Waals surface area contributed by atoms with E-state index in [4.69, 9.17) is 0 Å². The van der Waals surface area contributed by atoms with Gasteiger partial charge in [-0.25, -0.2) is 4.98 Å². The fourth-order valence-corrected chi connectivity index (χ4v) is 4.17. The Morgan fingerprint density at radius 2 is 1.90 bits per heavy atom. The van der Waals surface area contributed by atoms with E-state index in [0.29, 0.717) is 24.5 Å². The molecule has 31 heavy (non-hydrogen) atoms. The second-order valence-electron chi connectivity index (χ2n) is 7.36. The normalized spacial score (nSPS) is 10.8. The quantitative estimate of drug-likeness (QED) is 0.300. The molecular formula is C24H28N4O2S. The van der Waals surface area contributed by atoms with Crippen molar-refractivity contribution < 1.29 is 4.79 Å². The summed E-state index contributed by atoms with van der Waals surface area (Å²) in [5.74, 6) is 0.763. The highest BCUT2D eigenvalue weighted by atomic mass is 32.2. The minimum atomic E-state index is -0.00822. The summed E-state index contributed by atoms with van der Waals surface area (Å²) in [6, 6.07) is 15.7. The van der Waals surface area contributed by atoms with Crippen LogP contribution < -0.4 is 10.9 Å². The van der Waals surface area contributed by atoms with Crippen LogP contribution in [0.15, 0.2) is 64.7 Å². The molecule has 0 aliphatic rings. The number of pyridine rings is 1. The minimum Gasteiger partial charge on any atom is -0.356 e. The number of carbonyl (C=O) groups excluding carboxylic acids is 1. The molecule has 3 aromatic rings. The first-order chi connectivity index (χ1) is 15.0. The van der Waals surface area contributed by atoms with E-state index in [2.05, 4.69) is 15.3 Å². The Morgan fingerprint density at radius 1 is 1.13 bits per heavy atom. The Kier molecular flexibility index (Phi) is 8.41. The number of benzene rings is 1. The van der Waals surface area contributed by atoms with Crippen LogP contribution in [0.2, 0.25) is 0 Å². The number of thioether (sulfide) groups is 1. The van der Waals surface area contributed by atoms with Crippen molar-refractivity contribution in [3.8, 4) is 0 Å². The maximum absolute atomic E-state index is 12.8. The molecule has 0 fully saturated rings. The van der Waals surface area contributed by atoms with Gasteiger partial charge in [-0.15, -0.1) is 0 Å². The summed E-state index contributed by atoms with van der Waals surface area (Å²) in [6.45, 7) is 2.47. The van der Waals surface area contributed by atoms with E-state index >= 15 is 0 Å². The van der Waals surface area contributed by atoms with Gasteiger partial charge in [0.2, 0.25) is 5.91 Å². The number of hydrogen-bond acceptors (Lipinski definition) is 5. The highest BCUT2D eigenvalue weighted by Gasteiger charge is 2.13. The highest BCUT2D eigenvalue weighted by molar-refractivity contribution is 7.99. The molecule has 0 radical (unpaired) electrons. The third kappa shape index (κ3) is 6.79. The lowest BCUT2D eigenvalue weighted by Crippen LogP contribution is -2.26. The van der Waals surface area contributed by atoms with Crippen LogP contribution in [0.25, 0.3) is 0 Å². The average molecular weight is 437 g/mol. The van der Waals surface area contributed by atoms with Gasteiger partial charge in [0.15, 0.2) is 5.16 Å². The number of rotatable bonds is 10. The minimum absolute atomic E-state index is 0.00822. The lowest BCUT2D eigenvalue weighted by Gasteiger charge is -2.12. The fraction of sp³-hybridized carbons (Fsp3) is 0.333. The van der Waals surface area contributed by atoms with Gasteiger partial charge in [-0.1, -0.05) is 48.2 Å². The van der Waals surface area contributed by atoms with Gasteiger partial charge in [0.05, 0.1) is 0 Å². The second-order valence-corrected chi connectivity index (χ2v) is 8.42. The molecule has 162 valence electrons. The number of amides is 1. The molecule has 6 nitrogen and oxygen atoms in total. The predicted octanol–water partition coefficient (Wildman–Crippen LogP) is 3.31. The summed E-state index contributed by atoms with van der Waals surface area (Å²) in [4.78, 5) is 33.8. The SMILES string of the molecule is Cc1nc(SCCCC(=O)NCCc2ccccn2)n(C)c(=O)c1Cc1ccccc1. The molecule has 0 aliphatic heterocycles. The summed E-state index contributed by atoms with van der Waals surface area (Å²) in [5, 5.41) is 3.62. The number of aromatic nitrogens is 3. The van der Waals surface area contributed by atoms with Crippen molar-refractivity contribution in [3.63, 3.8) is 0 Å². The molecular weight excluding hydrogens is 408 g/mol. The van der Waals surface area contributed by atoms with Crippen LogP contribution in [0, 0.1) is 6.92 Å². The van der Waals surface area contributed by atoms with Crippen LogP contribution in [0.5, 0.6) is 0 Å². The third-order valence-electron chi connectivity index (χ3n) is 4.98. The number of hydrogen-bond donors (Lipinski definition) is 1. The molecule has 0 saturated carbocycles. The first-order valence-corrected chi connectivity index (χ1v) is 11.4. The Bertz CT molecular complexity index is 1050. The van der Waals surface area contributed by atoms with Crippen LogP contribution in [-0.4, -0.2) is 32.7 Å². The topological polar surface area (TPSA) is 76.9 Å². The van der Waals surface area contributed by atoms with E-state index in [1.54, 1.807) is 17.8 Å². The Hall–Kier alpha value is -2.93. The smallest absolute Gasteiger partial charge is 0.257 e. The van der Waals surface area contributed by atoms with E-state index in [-0.39, 0.29) is 11.5 Å². The van der Waals surface area contributed by atoms with Crippen molar-refractivity contribution in [2.45, 2.75) is 37.8 Å². The first-order valence-electron chi connectivity index (χ1n) is 10.4. The number of nitrogens with one attached hydrogen (secondary N) is 1. The van der Waals surface area contributed by atoms with Gasteiger partial charge in [0.25, 0.3) is 5.56 Å². The van der Waals surface area contributed by atoms with Gasteiger partial charge < -0.3 is 5.32 Å². The zero-order valence-corrected chi connectivity index (χ0v) is 18.8. The number of nitrogens with zero attached hydrogens (tertiary/aromatic N) is 3. The van der Waals surface area contributed by atoms with Crippen LogP contribution in [0.3, 0.4) is 0 Å². The van der Waals surface area contributed by atoms with E-state index in [9.17, 15) is 9.59 Å². The van der Waals surface area contributed by atoms with Crippen molar-refractivity contribution >= 4 is 17.7 Å². The highest BCUT2D eigenvalue weighted by Crippen LogP contribution is 2.18. The molecule has 1 amide bonds. The molecule has 0 bridgehead atoms. The van der Waals surface area contributed by atoms with Crippen molar-refractivity contribution in [2.75, 3.05) is 12.3 Å². The van der Waals surface area contributed by atoms with Crippen molar-refractivity contribution in [1.82, 2.24) is 19.9 Å². The van der Waals surface area contributed by atoms with Crippen molar-refractivity contribution in [1.29, 1.82) is 0 Å². The van der Waals surface area contributed by atoms with Gasteiger partial charge in [0.1, 0.15) is 0 Å². The molecule has 1 aromatic carbocycles. The van der Waals surface area contributed by atoms with Crippen LogP contribution in [0.1, 0.15) is 35.4 Å². The lowest BCUT2D eigenvalue weighted by atomic mass is 10.1. The standard InChI is InChI=1S/C24H28N4O2S/c1-18-21(17-19-9-4-3-5-10-19)23(30)28(2)24(27-18)31-16-8-12-22(29)26-15-13-20-11-6-7-14-25-20/h3-7,9-11,14H,8,12-13,15-17H2,1-2H3,(H,26,29). The number of carbonyl (C=O) groups is 1. The van der Waals surface area contributed by atoms with Gasteiger partial charge in [0, 0.05) is 61.8 Å². The number of aryl methyl sites for hydroxylation is 1. The molecule has 0 unspecified atom stereocenters. The summed E-state index contributed by atoms with van der Waals surface area (Å²) in [7, 11) is 1.76. The predicted molar refractivity (Wildman–Crippen MR) is 124 cm³/mol. The lowest BCUT2D eigenvalue weighted by molar-refractivity contribution is -0.121. The summed E-state index contributed by atoms with van der Waals surface area (Å²) >= 11 is 1.51. The molecule has 0 aliphatic carbocycles. The van der Waals surface area contributed by atoms with E-state index in [0.717, 1.165) is 41.1 Å². The fourth-order valence-electron chi connectivity index (χ4n) is 3.22. The molecule has 0 atom stereocenters. The second kappa shape index (κ2) is 11.5. The maximum Gasteiger partial charge on any atom is 0.257 e. The van der Waals surface area contributed by atoms with Gasteiger partial charge in [-0.2, -0.15) is 0 Å². The summed E-state index contributed by atoms with van der Waals surface area (Å²) in [6.07, 6.45) is 4.23. The maximum atomic E-state index is 12.8. The van der Waals surface area contributed by atoms with E-state index < -0.39 is 0 Å². The van der Waals surface area contributed by atoms with E-state index in [1.165, 1.54) is 11.8 Å². The molecule has 1 N–H and O–H groups in total. The molecule has 0 spiro atoms. The van der Waals surface area contributed by atoms with Gasteiger partial charge in [-0.05, 0) is 31.0 Å². The third-order valence-corrected chi connectivity index (χ3v) is 6.10. The molecule has 2 aromatic heterocycles. The van der Waals surface area contributed by atoms with Crippen LogP contribution in [0.4, 0.5) is 0 Å². The van der Waals surface area contributed by atoms with Crippen molar-refractivity contribution in [2.24, 2.45) is 7.05 Å². The van der Waals surface area contributed by atoms with Crippen LogP contribution in [-0.2, 0) is 24.7 Å². The van der Waals surface area contributed by atoms with Gasteiger partial charge >= 0.3 is 0 Å². The first kappa shape index (κ1) is 22.7. The molecule has 3 rings (SSSR count). The molecule has 2 heterocycles. The Morgan fingerprint density at radius 3 is 2.65 bits per heavy atom. The summed E-state index contributed by atoms with van der Waals surface area (Å²) < 4.78 is 1.61. The van der Waals surface area contributed by atoms with Crippen molar-refractivity contribution in [3.05, 3.63) is 87.6 Å².